The number of hydrogen-bond acceptors (Lipinski definition) is 4. The molecule has 1 heterocycles. The van der Waals surface area contributed by atoms with Gasteiger partial charge in [0.15, 0.2) is 0 Å². The highest BCUT2D eigenvalue weighted by Crippen LogP contribution is 2.37. The monoisotopic (exact) mass is 243 g/mol. The van der Waals surface area contributed by atoms with Gasteiger partial charge in [-0.15, -0.1) is 11.6 Å². The topological polar surface area (TPSA) is 55.6 Å². The Bertz CT molecular complexity index is 332. The van der Waals surface area contributed by atoms with Gasteiger partial charge in [-0.1, -0.05) is 24.4 Å². The van der Waals surface area contributed by atoms with Gasteiger partial charge in [0.1, 0.15) is 0 Å². The second-order valence-corrected chi connectivity index (χ2v) is 4.94. The number of tetrazole rings is 1. The van der Waals surface area contributed by atoms with Gasteiger partial charge in [-0.2, -0.15) is 0 Å². The van der Waals surface area contributed by atoms with E-state index in [2.05, 4.69) is 20.8 Å². The molecule has 1 aromatic rings. The average molecular weight is 244 g/mol. The van der Waals surface area contributed by atoms with Gasteiger partial charge in [-0.25, -0.2) is 4.68 Å². The Balaban J connectivity index is 1.94. The minimum Gasteiger partial charge on any atom is -0.352 e. The lowest BCUT2D eigenvalue weighted by Crippen LogP contribution is -2.34. The van der Waals surface area contributed by atoms with Crippen LogP contribution in [-0.2, 0) is 7.05 Å². The Hall–Kier alpha value is -0.840. The molecule has 0 radical (unpaired) electrons. The molecule has 2 rings (SSSR count). The molecule has 1 N–H and O–H groups in total. The lowest BCUT2D eigenvalue weighted by atomic mass is 9.75. The fraction of sp³-hybridized carbons (Fsp3) is 0.900. The molecule has 1 fully saturated rings. The van der Waals surface area contributed by atoms with E-state index in [1.807, 2.05) is 7.05 Å². The maximum absolute atomic E-state index is 6.12. The predicted octanol–water partition coefficient (Wildman–Crippen LogP) is 1.81. The van der Waals surface area contributed by atoms with Crippen molar-refractivity contribution < 1.29 is 0 Å². The summed E-state index contributed by atoms with van der Waals surface area (Å²) in [5.74, 6) is 1.43. The number of halogens is 1. The zero-order chi connectivity index (χ0) is 11.4. The smallest absolute Gasteiger partial charge is 0.242 e. The van der Waals surface area contributed by atoms with Gasteiger partial charge in [0, 0.05) is 24.9 Å². The third-order valence-corrected chi connectivity index (χ3v) is 4.01. The van der Waals surface area contributed by atoms with Crippen LogP contribution in [0.2, 0.25) is 0 Å². The van der Waals surface area contributed by atoms with Crippen molar-refractivity contribution in [2.75, 3.05) is 17.7 Å². The molecular weight excluding hydrogens is 226 g/mol. The van der Waals surface area contributed by atoms with E-state index >= 15 is 0 Å². The van der Waals surface area contributed by atoms with Crippen molar-refractivity contribution in [3.8, 4) is 0 Å². The number of rotatable bonds is 4. The molecule has 0 aromatic carbocycles. The summed E-state index contributed by atoms with van der Waals surface area (Å²) in [4.78, 5) is 0. The van der Waals surface area contributed by atoms with Crippen molar-refractivity contribution in [3.63, 3.8) is 0 Å². The summed E-state index contributed by atoms with van der Waals surface area (Å²) >= 11 is 6.12. The Morgan fingerprint density at radius 3 is 2.69 bits per heavy atom. The molecule has 16 heavy (non-hydrogen) atoms. The number of anilines is 1. The number of nitrogens with one attached hydrogen (secondary N) is 1. The Morgan fingerprint density at radius 1 is 1.38 bits per heavy atom. The van der Waals surface area contributed by atoms with Crippen LogP contribution in [0.3, 0.4) is 0 Å². The molecule has 90 valence electrons. The molecule has 6 heteroatoms. The molecule has 0 saturated heterocycles. The van der Waals surface area contributed by atoms with Gasteiger partial charge in [0.05, 0.1) is 0 Å². The summed E-state index contributed by atoms with van der Waals surface area (Å²) in [6.07, 6.45) is 6.31. The Labute approximate surface area is 101 Å². The normalized spacial score (nSPS) is 19.6. The minimum absolute atomic E-state index is 0.228. The van der Waals surface area contributed by atoms with E-state index in [1.165, 1.54) is 32.1 Å². The van der Waals surface area contributed by atoms with Crippen LogP contribution in [0.25, 0.3) is 0 Å². The largest absolute Gasteiger partial charge is 0.352 e. The van der Waals surface area contributed by atoms with Crippen LogP contribution in [-0.4, -0.2) is 32.6 Å². The van der Waals surface area contributed by atoms with Crippen LogP contribution in [0, 0.1) is 5.41 Å². The first-order valence-electron chi connectivity index (χ1n) is 5.78. The highest BCUT2D eigenvalue weighted by molar-refractivity contribution is 6.18. The van der Waals surface area contributed by atoms with Gasteiger partial charge in [-0.05, 0) is 23.3 Å². The third-order valence-electron chi connectivity index (χ3n) is 3.44. The lowest BCUT2D eigenvalue weighted by Gasteiger charge is -2.35. The molecule has 1 saturated carbocycles. The van der Waals surface area contributed by atoms with Crippen molar-refractivity contribution in [2.45, 2.75) is 32.1 Å². The lowest BCUT2D eigenvalue weighted by molar-refractivity contribution is 0.237. The molecule has 0 aliphatic heterocycles. The summed E-state index contributed by atoms with van der Waals surface area (Å²) in [5.41, 5.74) is 0.228. The summed E-state index contributed by atoms with van der Waals surface area (Å²) < 4.78 is 1.64. The highest BCUT2D eigenvalue weighted by atomic mass is 35.5. The number of alkyl halides is 1. The van der Waals surface area contributed by atoms with E-state index in [-0.39, 0.29) is 5.41 Å². The molecule has 0 atom stereocenters. The van der Waals surface area contributed by atoms with E-state index in [0.717, 1.165) is 12.5 Å². The molecule has 0 amide bonds. The third kappa shape index (κ3) is 2.45. The van der Waals surface area contributed by atoms with Crippen LogP contribution < -0.4 is 5.32 Å². The van der Waals surface area contributed by atoms with Crippen molar-refractivity contribution in [2.24, 2.45) is 12.5 Å². The summed E-state index contributed by atoms with van der Waals surface area (Å²) in [5, 5.41) is 14.6. The molecule has 0 bridgehead atoms. The first-order chi connectivity index (χ1) is 7.76. The van der Waals surface area contributed by atoms with Gasteiger partial charge in [0.2, 0.25) is 5.95 Å². The van der Waals surface area contributed by atoms with E-state index in [9.17, 15) is 0 Å². The van der Waals surface area contributed by atoms with Gasteiger partial charge in [0.25, 0.3) is 0 Å². The number of hydrogen-bond donors (Lipinski definition) is 1. The average Bonchev–Trinajstić information content (AvgIpc) is 2.74. The van der Waals surface area contributed by atoms with Gasteiger partial charge in [-0.3, -0.25) is 0 Å². The van der Waals surface area contributed by atoms with Crippen LogP contribution >= 0.6 is 11.6 Å². The number of aromatic nitrogens is 4. The minimum atomic E-state index is 0.228. The van der Waals surface area contributed by atoms with E-state index in [0.29, 0.717) is 5.88 Å². The molecule has 0 unspecified atom stereocenters. The van der Waals surface area contributed by atoms with Crippen LogP contribution in [0.5, 0.6) is 0 Å². The van der Waals surface area contributed by atoms with E-state index < -0.39 is 0 Å². The fourth-order valence-electron chi connectivity index (χ4n) is 2.31. The van der Waals surface area contributed by atoms with Crippen LogP contribution in [0.1, 0.15) is 32.1 Å². The van der Waals surface area contributed by atoms with Crippen LogP contribution in [0.4, 0.5) is 5.95 Å². The maximum Gasteiger partial charge on any atom is 0.242 e. The molecule has 1 aliphatic rings. The van der Waals surface area contributed by atoms with Crippen molar-refractivity contribution in [1.82, 2.24) is 20.2 Å². The molecule has 0 spiro atoms. The number of nitrogens with zero attached hydrogens (tertiary/aromatic N) is 4. The molecule has 1 aromatic heterocycles. The summed E-state index contributed by atoms with van der Waals surface area (Å²) in [6.45, 7) is 0.866. The Kier molecular flexibility index (Phi) is 3.63. The number of aryl methyl sites for hydroxylation is 1. The van der Waals surface area contributed by atoms with Gasteiger partial charge < -0.3 is 5.32 Å². The first-order valence-corrected chi connectivity index (χ1v) is 6.31. The van der Waals surface area contributed by atoms with Crippen molar-refractivity contribution in [3.05, 3.63) is 0 Å². The quantitative estimate of drug-likeness (QED) is 0.820. The maximum atomic E-state index is 6.12. The predicted molar refractivity (Wildman–Crippen MR) is 63.5 cm³/mol. The fourth-order valence-corrected chi connectivity index (χ4v) is 2.67. The molecule has 5 nitrogen and oxygen atoms in total. The SMILES string of the molecule is Cn1nnnc1NCC1(CCl)CCCCC1. The zero-order valence-corrected chi connectivity index (χ0v) is 10.4. The summed E-state index contributed by atoms with van der Waals surface area (Å²) in [7, 11) is 1.83. The second-order valence-electron chi connectivity index (χ2n) is 4.67. The van der Waals surface area contributed by atoms with Crippen LogP contribution in [0.15, 0.2) is 0 Å². The molecule has 1 aliphatic carbocycles. The van der Waals surface area contributed by atoms with E-state index in [4.69, 9.17) is 11.6 Å². The molecular formula is C10H18ClN5. The van der Waals surface area contributed by atoms with Gasteiger partial charge >= 0.3 is 0 Å². The van der Waals surface area contributed by atoms with Crippen molar-refractivity contribution in [1.29, 1.82) is 0 Å². The second kappa shape index (κ2) is 4.99. The summed E-state index contributed by atoms with van der Waals surface area (Å²) in [6, 6.07) is 0. The first kappa shape index (κ1) is 11.6. The van der Waals surface area contributed by atoms with E-state index in [1.54, 1.807) is 4.68 Å². The standard InChI is InChI=1S/C10H18ClN5/c1-16-9(13-14-15-16)12-8-10(7-11)5-3-2-4-6-10/h2-8H2,1H3,(H,12,13,15). The van der Waals surface area contributed by atoms with Crippen molar-refractivity contribution >= 4 is 17.5 Å². The Morgan fingerprint density at radius 2 is 2.12 bits per heavy atom. The zero-order valence-electron chi connectivity index (χ0n) is 9.62. The highest BCUT2D eigenvalue weighted by Gasteiger charge is 2.31.